The Labute approximate surface area is 149 Å². The fourth-order valence-electron chi connectivity index (χ4n) is 3.62. The second kappa shape index (κ2) is 7.33. The standard InChI is InChI=1S/C19H28N4O2/c1-3-19(2)9-6-11-23(14-19)18(25)21-16-8-5-4-7-15(16)13-22-12-10-20-17(22)24/h4-5,7-8H,3,6,9-14H2,1-2H3,(H,20,24)(H,21,25)/t19-/m0/s1. The molecule has 1 atom stereocenters. The molecule has 1 aromatic rings. The number of hydrogen-bond acceptors (Lipinski definition) is 2. The van der Waals surface area contributed by atoms with Gasteiger partial charge in [-0.15, -0.1) is 0 Å². The third-order valence-corrected chi connectivity index (χ3v) is 5.49. The maximum absolute atomic E-state index is 12.7. The van der Waals surface area contributed by atoms with Crippen molar-refractivity contribution in [3.8, 4) is 0 Å². The molecule has 4 amide bonds. The van der Waals surface area contributed by atoms with Crippen LogP contribution in [0.1, 0.15) is 38.7 Å². The SMILES string of the molecule is CC[C@@]1(C)CCCN(C(=O)Nc2ccccc2CN2CCNC2=O)C1. The molecule has 136 valence electrons. The molecule has 6 heteroatoms. The molecule has 0 aliphatic carbocycles. The maximum atomic E-state index is 12.7. The van der Waals surface area contributed by atoms with Gasteiger partial charge in [0.1, 0.15) is 0 Å². The number of para-hydroxylation sites is 1. The predicted octanol–water partition coefficient (Wildman–Crippen LogP) is 3.26. The summed E-state index contributed by atoms with van der Waals surface area (Å²) in [5.41, 5.74) is 1.96. The fourth-order valence-corrected chi connectivity index (χ4v) is 3.62. The van der Waals surface area contributed by atoms with Crippen LogP contribution in [-0.2, 0) is 6.54 Å². The molecule has 0 bridgehead atoms. The zero-order chi connectivity index (χ0) is 17.9. The number of carbonyl (C=O) groups is 2. The number of benzene rings is 1. The number of anilines is 1. The first kappa shape index (κ1) is 17.6. The lowest BCUT2D eigenvalue weighted by Crippen LogP contribution is -2.46. The van der Waals surface area contributed by atoms with Crippen LogP contribution in [0.5, 0.6) is 0 Å². The highest BCUT2D eigenvalue weighted by Crippen LogP contribution is 2.32. The summed E-state index contributed by atoms with van der Waals surface area (Å²) >= 11 is 0. The summed E-state index contributed by atoms with van der Waals surface area (Å²) in [7, 11) is 0. The number of amides is 4. The van der Waals surface area contributed by atoms with Crippen molar-refractivity contribution in [3.05, 3.63) is 29.8 Å². The molecule has 2 aliphatic rings. The van der Waals surface area contributed by atoms with Crippen molar-refractivity contribution < 1.29 is 9.59 Å². The van der Waals surface area contributed by atoms with Crippen LogP contribution in [0.25, 0.3) is 0 Å². The van der Waals surface area contributed by atoms with Gasteiger partial charge in [0, 0.05) is 38.4 Å². The second-order valence-corrected chi connectivity index (χ2v) is 7.43. The summed E-state index contributed by atoms with van der Waals surface area (Å²) in [5.74, 6) is 0. The van der Waals surface area contributed by atoms with Crippen LogP contribution in [0.4, 0.5) is 15.3 Å². The number of piperidine rings is 1. The minimum atomic E-state index is -0.0455. The Hall–Kier alpha value is -2.24. The molecule has 0 saturated carbocycles. The molecule has 1 aromatic carbocycles. The molecule has 2 saturated heterocycles. The Morgan fingerprint density at radius 2 is 2.12 bits per heavy atom. The van der Waals surface area contributed by atoms with Crippen LogP contribution in [0.2, 0.25) is 0 Å². The van der Waals surface area contributed by atoms with Crippen molar-refractivity contribution in [2.45, 2.75) is 39.7 Å². The van der Waals surface area contributed by atoms with E-state index in [1.165, 1.54) is 6.42 Å². The number of rotatable bonds is 4. The van der Waals surface area contributed by atoms with Gasteiger partial charge in [0.2, 0.25) is 0 Å². The topological polar surface area (TPSA) is 64.7 Å². The molecule has 3 rings (SSSR count). The van der Waals surface area contributed by atoms with Crippen LogP contribution >= 0.6 is 0 Å². The first-order valence-electron chi connectivity index (χ1n) is 9.17. The van der Waals surface area contributed by atoms with Crippen LogP contribution < -0.4 is 10.6 Å². The van der Waals surface area contributed by atoms with E-state index in [0.717, 1.165) is 37.2 Å². The van der Waals surface area contributed by atoms with Crippen molar-refractivity contribution >= 4 is 17.7 Å². The molecule has 0 spiro atoms. The summed E-state index contributed by atoms with van der Waals surface area (Å²) in [5, 5.41) is 5.87. The van der Waals surface area contributed by atoms with Gasteiger partial charge < -0.3 is 20.4 Å². The van der Waals surface area contributed by atoms with Gasteiger partial charge in [0.25, 0.3) is 0 Å². The van der Waals surface area contributed by atoms with E-state index in [1.54, 1.807) is 4.90 Å². The minimum Gasteiger partial charge on any atom is -0.336 e. The quantitative estimate of drug-likeness (QED) is 0.880. The third-order valence-electron chi connectivity index (χ3n) is 5.49. The fraction of sp³-hybridized carbons (Fsp3) is 0.579. The smallest absolute Gasteiger partial charge is 0.321 e. The molecule has 0 unspecified atom stereocenters. The molecule has 25 heavy (non-hydrogen) atoms. The Kier molecular flexibility index (Phi) is 5.16. The lowest BCUT2D eigenvalue weighted by atomic mass is 9.80. The Morgan fingerprint density at radius 1 is 1.32 bits per heavy atom. The molecule has 2 fully saturated rings. The van der Waals surface area contributed by atoms with Gasteiger partial charge >= 0.3 is 12.1 Å². The highest BCUT2D eigenvalue weighted by molar-refractivity contribution is 5.90. The van der Waals surface area contributed by atoms with Crippen molar-refractivity contribution in [2.75, 3.05) is 31.5 Å². The van der Waals surface area contributed by atoms with Gasteiger partial charge in [-0.3, -0.25) is 0 Å². The summed E-state index contributed by atoms with van der Waals surface area (Å²) in [4.78, 5) is 28.2. The summed E-state index contributed by atoms with van der Waals surface area (Å²) in [6.45, 7) is 7.93. The number of urea groups is 2. The molecule has 0 aromatic heterocycles. The zero-order valence-electron chi connectivity index (χ0n) is 15.2. The zero-order valence-corrected chi connectivity index (χ0v) is 15.2. The van der Waals surface area contributed by atoms with E-state index in [-0.39, 0.29) is 17.5 Å². The van der Waals surface area contributed by atoms with E-state index in [0.29, 0.717) is 19.6 Å². The predicted molar refractivity (Wildman–Crippen MR) is 98.5 cm³/mol. The van der Waals surface area contributed by atoms with Gasteiger partial charge in [-0.05, 0) is 36.3 Å². The van der Waals surface area contributed by atoms with Gasteiger partial charge in [0.15, 0.2) is 0 Å². The second-order valence-electron chi connectivity index (χ2n) is 7.43. The van der Waals surface area contributed by atoms with Gasteiger partial charge in [-0.2, -0.15) is 0 Å². The highest BCUT2D eigenvalue weighted by Gasteiger charge is 2.31. The van der Waals surface area contributed by atoms with E-state index >= 15 is 0 Å². The van der Waals surface area contributed by atoms with E-state index in [4.69, 9.17) is 0 Å². The molecule has 2 N–H and O–H groups in total. The molecule has 2 aliphatic heterocycles. The number of nitrogens with zero attached hydrogens (tertiary/aromatic N) is 2. The lowest BCUT2D eigenvalue weighted by Gasteiger charge is -2.40. The lowest BCUT2D eigenvalue weighted by molar-refractivity contribution is 0.121. The van der Waals surface area contributed by atoms with Crippen LogP contribution in [0.15, 0.2) is 24.3 Å². The molecular formula is C19H28N4O2. The Bertz CT molecular complexity index is 648. The van der Waals surface area contributed by atoms with Crippen molar-refractivity contribution in [1.29, 1.82) is 0 Å². The van der Waals surface area contributed by atoms with Crippen LogP contribution in [0, 0.1) is 5.41 Å². The number of carbonyl (C=O) groups excluding carboxylic acids is 2. The van der Waals surface area contributed by atoms with Crippen LogP contribution in [-0.4, -0.2) is 48.0 Å². The number of nitrogens with one attached hydrogen (secondary N) is 2. The van der Waals surface area contributed by atoms with Gasteiger partial charge in [0.05, 0.1) is 0 Å². The summed E-state index contributed by atoms with van der Waals surface area (Å²) in [6, 6.07) is 7.63. The molecular weight excluding hydrogens is 316 g/mol. The first-order valence-corrected chi connectivity index (χ1v) is 9.17. The average Bonchev–Trinajstić information content (AvgIpc) is 3.01. The van der Waals surface area contributed by atoms with Gasteiger partial charge in [-0.25, -0.2) is 9.59 Å². The van der Waals surface area contributed by atoms with E-state index < -0.39 is 0 Å². The first-order chi connectivity index (χ1) is 12.0. The Morgan fingerprint density at radius 3 is 2.84 bits per heavy atom. The normalized spacial score (nSPS) is 23.5. The summed E-state index contributed by atoms with van der Waals surface area (Å²) in [6.07, 6.45) is 3.30. The van der Waals surface area contributed by atoms with E-state index in [2.05, 4.69) is 24.5 Å². The van der Waals surface area contributed by atoms with Crippen molar-refractivity contribution in [3.63, 3.8) is 0 Å². The molecule has 6 nitrogen and oxygen atoms in total. The largest absolute Gasteiger partial charge is 0.336 e. The number of likely N-dealkylation sites (tertiary alicyclic amines) is 1. The van der Waals surface area contributed by atoms with Crippen molar-refractivity contribution in [1.82, 2.24) is 15.1 Å². The summed E-state index contributed by atoms with van der Waals surface area (Å²) < 4.78 is 0. The minimum absolute atomic E-state index is 0.0438. The molecule has 0 radical (unpaired) electrons. The van der Waals surface area contributed by atoms with E-state index in [9.17, 15) is 9.59 Å². The monoisotopic (exact) mass is 344 g/mol. The van der Waals surface area contributed by atoms with Crippen molar-refractivity contribution in [2.24, 2.45) is 5.41 Å². The average molecular weight is 344 g/mol. The highest BCUT2D eigenvalue weighted by atomic mass is 16.2. The Balaban J connectivity index is 1.68. The third kappa shape index (κ3) is 4.06. The van der Waals surface area contributed by atoms with Crippen LogP contribution in [0.3, 0.4) is 0 Å². The van der Waals surface area contributed by atoms with Gasteiger partial charge in [-0.1, -0.05) is 32.0 Å². The number of hydrogen-bond donors (Lipinski definition) is 2. The maximum Gasteiger partial charge on any atom is 0.321 e. The molecule has 2 heterocycles. The van der Waals surface area contributed by atoms with E-state index in [1.807, 2.05) is 29.2 Å².